The molecule has 0 unspecified atom stereocenters. The second-order valence-corrected chi connectivity index (χ2v) is 2.81. The van der Waals surface area contributed by atoms with E-state index in [4.69, 9.17) is 10.8 Å². The van der Waals surface area contributed by atoms with Crippen LogP contribution < -0.4 is 10.5 Å². The van der Waals surface area contributed by atoms with Gasteiger partial charge in [0.05, 0.1) is 11.9 Å². The molecule has 0 amide bonds. The van der Waals surface area contributed by atoms with Gasteiger partial charge in [0.1, 0.15) is 5.56 Å². The van der Waals surface area contributed by atoms with Crippen LogP contribution in [0.25, 0.3) is 0 Å². The van der Waals surface area contributed by atoms with Gasteiger partial charge in [-0.15, -0.1) is 13.2 Å². The van der Waals surface area contributed by atoms with E-state index in [1.54, 1.807) is 0 Å². The molecule has 1 aromatic rings. The number of carboxylic acid groups (broad SMARTS) is 1. The van der Waals surface area contributed by atoms with E-state index in [0.717, 1.165) is 0 Å². The molecule has 1 heterocycles. The number of hydrogen-bond acceptors (Lipinski definition) is 4. The number of nitrogens with zero attached hydrogens (tertiary/aromatic N) is 1. The number of halogens is 4. The Kier molecular flexibility index (Phi) is 3.51. The summed E-state index contributed by atoms with van der Waals surface area (Å²) in [7, 11) is 0. The quantitative estimate of drug-likeness (QED) is 0.793. The lowest BCUT2D eigenvalue weighted by atomic mass is 10.1. The number of alkyl halides is 3. The Labute approximate surface area is 91.8 Å². The molecule has 0 saturated carbocycles. The first-order chi connectivity index (χ1) is 7.76. The van der Waals surface area contributed by atoms with Crippen LogP contribution in [0, 0.1) is 5.82 Å². The van der Waals surface area contributed by atoms with Gasteiger partial charge in [-0.2, -0.15) is 0 Å². The van der Waals surface area contributed by atoms with Crippen molar-refractivity contribution in [1.29, 1.82) is 0 Å². The van der Waals surface area contributed by atoms with E-state index in [-0.39, 0.29) is 0 Å². The Morgan fingerprint density at radius 1 is 1.53 bits per heavy atom. The Morgan fingerprint density at radius 2 is 2.12 bits per heavy atom. The first kappa shape index (κ1) is 13.2. The van der Waals surface area contributed by atoms with E-state index in [0.29, 0.717) is 6.20 Å². The fourth-order valence-electron chi connectivity index (χ4n) is 1.10. The predicted molar refractivity (Wildman–Crippen MR) is 45.7 cm³/mol. The normalized spacial score (nSPS) is 11.4. The number of pyridine rings is 1. The van der Waals surface area contributed by atoms with Crippen molar-refractivity contribution in [3.05, 3.63) is 23.3 Å². The second-order valence-electron chi connectivity index (χ2n) is 2.81. The summed E-state index contributed by atoms with van der Waals surface area (Å²) in [5.74, 6) is -4.78. The van der Waals surface area contributed by atoms with Crippen LogP contribution in [-0.2, 0) is 6.54 Å². The molecule has 0 spiro atoms. The van der Waals surface area contributed by atoms with E-state index >= 15 is 0 Å². The van der Waals surface area contributed by atoms with Crippen molar-refractivity contribution in [2.24, 2.45) is 5.73 Å². The van der Waals surface area contributed by atoms with E-state index in [1.165, 1.54) is 0 Å². The zero-order valence-corrected chi connectivity index (χ0v) is 8.08. The van der Waals surface area contributed by atoms with Crippen molar-refractivity contribution in [3.8, 4) is 5.75 Å². The number of aromatic nitrogens is 1. The summed E-state index contributed by atoms with van der Waals surface area (Å²) in [5.41, 5.74) is 3.64. The average molecular weight is 254 g/mol. The molecular weight excluding hydrogens is 248 g/mol. The fourth-order valence-corrected chi connectivity index (χ4v) is 1.10. The van der Waals surface area contributed by atoms with Gasteiger partial charge in [0.25, 0.3) is 0 Å². The van der Waals surface area contributed by atoms with Gasteiger partial charge in [0.2, 0.25) is 0 Å². The van der Waals surface area contributed by atoms with Crippen molar-refractivity contribution in [3.63, 3.8) is 0 Å². The van der Waals surface area contributed by atoms with Gasteiger partial charge in [-0.05, 0) is 0 Å². The first-order valence-electron chi connectivity index (χ1n) is 4.12. The zero-order valence-electron chi connectivity index (χ0n) is 8.08. The molecule has 9 heteroatoms. The molecule has 17 heavy (non-hydrogen) atoms. The van der Waals surface area contributed by atoms with Crippen LogP contribution in [-0.4, -0.2) is 22.4 Å². The highest BCUT2D eigenvalue weighted by Gasteiger charge is 2.35. The summed E-state index contributed by atoms with van der Waals surface area (Å²) in [4.78, 5) is 14.0. The van der Waals surface area contributed by atoms with Crippen molar-refractivity contribution in [2.75, 3.05) is 0 Å². The molecule has 0 fully saturated rings. The Bertz CT molecular complexity index is 447. The van der Waals surface area contributed by atoms with E-state index in [9.17, 15) is 22.4 Å². The fraction of sp³-hybridized carbons (Fsp3) is 0.250. The smallest absolute Gasteiger partial charge is 0.477 e. The number of ether oxygens (including phenoxy) is 1. The molecule has 1 aromatic heterocycles. The maximum absolute atomic E-state index is 13.1. The van der Waals surface area contributed by atoms with Gasteiger partial charge in [0, 0.05) is 6.54 Å². The molecule has 0 radical (unpaired) electrons. The number of nitrogens with two attached hydrogens (primary N) is 1. The Morgan fingerprint density at radius 3 is 2.53 bits per heavy atom. The lowest BCUT2D eigenvalue weighted by Gasteiger charge is -2.13. The van der Waals surface area contributed by atoms with Crippen molar-refractivity contribution >= 4 is 5.97 Å². The van der Waals surface area contributed by atoms with Gasteiger partial charge in [0.15, 0.2) is 11.6 Å². The minimum atomic E-state index is -5.21. The summed E-state index contributed by atoms with van der Waals surface area (Å²) in [5, 5.41) is 8.69. The molecule has 0 aromatic carbocycles. The molecule has 0 aliphatic heterocycles. The lowest BCUT2D eigenvalue weighted by Crippen LogP contribution is -2.22. The van der Waals surface area contributed by atoms with E-state index in [1.807, 2.05) is 0 Å². The standard InChI is InChI=1S/C8H6F4N2O3/c9-3-2-14-4(1-13)5(7(15)16)6(3)17-8(10,11)12/h2H,1,13H2,(H,15,16). The number of rotatable bonds is 3. The molecule has 0 saturated heterocycles. The van der Waals surface area contributed by atoms with Gasteiger partial charge in [-0.25, -0.2) is 9.18 Å². The van der Waals surface area contributed by atoms with Crippen LogP contribution in [0.4, 0.5) is 17.6 Å². The highest BCUT2D eigenvalue weighted by atomic mass is 19.4. The predicted octanol–water partition coefficient (Wildman–Crippen LogP) is 1.28. The SMILES string of the molecule is NCc1ncc(F)c(OC(F)(F)F)c1C(=O)O. The van der Waals surface area contributed by atoms with Crippen LogP contribution >= 0.6 is 0 Å². The summed E-state index contributed by atoms with van der Waals surface area (Å²) in [6, 6.07) is 0. The number of carboxylic acids is 1. The average Bonchev–Trinajstić information content (AvgIpc) is 2.18. The third kappa shape index (κ3) is 3.03. The molecule has 1 rings (SSSR count). The van der Waals surface area contributed by atoms with Crippen LogP contribution in [0.15, 0.2) is 6.20 Å². The highest BCUT2D eigenvalue weighted by molar-refractivity contribution is 5.92. The zero-order chi connectivity index (χ0) is 13.2. The largest absolute Gasteiger partial charge is 0.573 e. The Hall–Kier alpha value is -1.90. The van der Waals surface area contributed by atoms with Gasteiger partial charge in [-0.1, -0.05) is 0 Å². The van der Waals surface area contributed by atoms with Crippen LogP contribution in [0.2, 0.25) is 0 Å². The minimum Gasteiger partial charge on any atom is -0.477 e. The number of carbonyl (C=O) groups is 1. The van der Waals surface area contributed by atoms with Crippen LogP contribution in [0.1, 0.15) is 16.1 Å². The van der Waals surface area contributed by atoms with Gasteiger partial charge >= 0.3 is 12.3 Å². The maximum Gasteiger partial charge on any atom is 0.573 e. The summed E-state index contributed by atoms with van der Waals surface area (Å²) in [6.07, 6.45) is -4.80. The molecule has 5 nitrogen and oxygen atoms in total. The minimum absolute atomic E-state index is 0.404. The molecule has 3 N–H and O–H groups in total. The molecule has 0 atom stereocenters. The number of hydrogen-bond donors (Lipinski definition) is 2. The van der Waals surface area contributed by atoms with Crippen LogP contribution in [0.5, 0.6) is 5.75 Å². The molecular formula is C8H6F4N2O3. The summed E-state index contributed by atoms with van der Waals surface area (Å²) >= 11 is 0. The van der Waals surface area contributed by atoms with Crippen molar-refractivity contribution in [2.45, 2.75) is 12.9 Å². The third-order valence-electron chi connectivity index (χ3n) is 1.69. The topological polar surface area (TPSA) is 85.4 Å². The molecule has 0 aliphatic carbocycles. The van der Waals surface area contributed by atoms with Gasteiger partial charge < -0.3 is 15.6 Å². The highest BCUT2D eigenvalue weighted by Crippen LogP contribution is 2.30. The van der Waals surface area contributed by atoms with Gasteiger partial charge in [-0.3, -0.25) is 4.98 Å². The van der Waals surface area contributed by atoms with Crippen molar-refractivity contribution < 1.29 is 32.2 Å². The lowest BCUT2D eigenvalue weighted by molar-refractivity contribution is -0.275. The van der Waals surface area contributed by atoms with E-state index in [2.05, 4.69) is 9.72 Å². The molecule has 0 aliphatic rings. The third-order valence-corrected chi connectivity index (χ3v) is 1.69. The summed E-state index contributed by atoms with van der Waals surface area (Å²) in [6.45, 7) is -0.462. The first-order valence-corrected chi connectivity index (χ1v) is 4.12. The Balaban J connectivity index is 3.39. The monoisotopic (exact) mass is 254 g/mol. The maximum atomic E-state index is 13.1. The second kappa shape index (κ2) is 4.53. The number of aromatic carboxylic acids is 1. The van der Waals surface area contributed by atoms with Crippen molar-refractivity contribution in [1.82, 2.24) is 4.98 Å². The molecule has 0 bridgehead atoms. The van der Waals surface area contributed by atoms with Crippen LogP contribution in [0.3, 0.4) is 0 Å². The molecule has 94 valence electrons. The summed E-state index contributed by atoms with van der Waals surface area (Å²) < 4.78 is 52.3. The van der Waals surface area contributed by atoms with E-state index < -0.39 is 41.7 Å².